The van der Waals surface area contributed by atoms with Crippen LogP contribution in [-0.2, 0) is 4.79 Å². The molecule has 0 radical (unpaired) electrons. The van der Waals surface area contributed by atoms with Gasteiger partial charge in [-0.15, -0.1) is 0 Å². The molecule has 0 aromatic heterocycles. The minimum Gasteiger partial charge on any atom is -0.325 e. The summed E-state index contributed by atoms with van der Waals surface area (Å²) in [6, 6.07) is 8.29. The van der Waals surface area contributed by atoms with Gasteiger partial charge in [-0.1, -0.05) is 38.0 Å². The molecular weight excluding hydrogens is 224 g/mol. The van der Waals surface area contributed by atoms with Crippen LogP contribution in [0.2, 0.25) is 0 Å². The quantitative estimate of drug-likeness (QED) is 0.778. The van der Waals surface area contributed by atoms with E-state index in [4.69, 9.17) is 0 Å². The van der Waals surface area contributed by atoms with E-state index in [2.05, 4.69) is 24.5 Å². The topological polar surface area (TPSA) is 41.1 Å². The van der Waals surface area contributed by atoms with Crippen LogP contribution in [-0.4, -0.2) is 18.5 Å². The number of benzene rings is 1. The molecule has 3 nitrogen and oxygen atoms in total. The fraction of sp³-hybridized carbons (Fsp3) is 0.533. The van der Waals surface area contributed by atoms with Gasteiger partial charge >= 0.3 is 0 Å². The van der Waals surface area contributed by atoms with Crippen LogP contribution >= 0.6 is 0 Å². The summed E-state index contributed by atoms with van der Waals surface area (Å²) in [7, 11) is 0. The van der Waals surface area contributed by atoms with E-state index in [0.29, 0.717) is 12.6 Å². The smallest absolute Gasteiger partial charge is 0.238 e. The molecule has 1 aromatic carbocycles. The normalized spacial score (nSPS) is 12.2. The number of anilines is 1. The van der Waals surface area contributed by atoms with Crippen LogP contribution in [0, 0.1) is 6.92 Å². The van der Waals surface area contributed by atoms with Crippen LogP contribution in [0.15, 0.2) is 24.3 Å². The zero-order chi connectivity index (χ0) is 13.4. The van der Waals surface area contributed by atoms with Gasteiger partial charge in [-0.05, 0) is 31.9 Å². The molecule has 0 heterocycles. The van der Waals surface area contributed by atoms with Crippen LogP contribution in [0.3, 0.4) is 0 Å². The Balaban J connectivity index is 2.35. The van der Waals surface area contributed by atoms with Gasteiger partial charge in [0.25, 0.3) is 0 Å². The minimum absolute atomic E-state index is 0.0217. The lowest BCUT2D eigenvalue weighted by Gasteiger charge is -2.15. The Labute approximate surface area is 110 Å². The summed E-state index contributed by atoms with van der Waals surface area (Å²) in [5, 5.41) is 6.18. The molecule has 1 rings (SSSR count). The summed E-state index contributed by atoms with van der Waals surface area (Å²) in [4.78, 5) is 11.7. The van der Waals surface area contributed by atoms with Gasteiger partial charge in [0, 0.05) is 11.7 Å². The first-order valence-electron chi connectivity index (χ1n) is 6.75. The van der Waals surface area contributed by atoms with E-state index in [1.54, 1.807) is 0 Å². The average molecular weight is 248 g/mol. The predicted octanol–water partition coefficient (Wildman–Crippen LogP) is 3.10. The van der Waals surface area contributed by atoms with Gasteiger partial charge in [0.2, 0.25) is 5.91 Å². The largest absolute Gasteiger partial charge is 0.325 e. The summed E-state index contributed by atoms with van der Waals surface area (Å²) in [5.74, 6) is 0.0217. The molecule has 1 unspecified atom stereocenters. The van der Waals surface area contributed by atoms with Crippen molar-refractivity contribution >= 4 is 11.6 Å². The maximum Gasteiger partial charge on any atom is 0.238 e. The molecule has 0 spiro atoms. The molecular formula is C15H24N2O. The van der Waals surface area contributed by atoms with Gasteiger partial charge in [-0.3, -0.25) is 4.79 Å². The average Bonchev–Trinajstić information content (AvgIpc) is 2.37. The number of carbonyl (C=O) groups is 1. The fourth-order valence-electron chi connectivity index (χ4n) is 1.88. The van der Waals surface area contributed by atoms with Crippen molar-refractivity contribution in [2.45, 2.75) is 46.1 Å². The molecule has 0 saturated heterocycles. The maximum atomic E-state index is 11.7. The highest BCUT2D eigenvalue weighted by Crippen LogP contribution is 2.08. The van der Waals surface area contributed by atoms with Crippen molar-refractivity contribution < 1.29 is 4.79 Å². The van der Waals surface area contributed by atoms with Gasteiger partial charge in [0.1, 0.15) is 0 Å². The Morgan fingerprint density at radius 3 is 2.44 bits per heavy atom. The first-order chi connectivity index (χ1) is 8.65. The van der Waals surface area contributed by atoms with E-state index < -0.39 is 0 Å². The Hall–Kier alpha value is -1.35. The molecule has 1 amide bonds. The monoisotopic (exact) mass is 248 g/mol. The molecule has 1 atom stereocenters. The van der Waals surface area contributed by atoms with Gasteiger partial charge in [-0.2, -0.15) is 0 Å². The molecule has 0 saturated carbocycles. The molecule has 0 aliphatic carbocycles. The molecule has 1 aromatic rings. The lowest BCUT2D eigenvalue weighted by molar-refractivity contribution is -0.115. The zero-order valence-corrected chi connectivity index (χ0v) is 11.6. The van der Waals surface area contributed by atoms with Gasteiger partial charge in [0.15, 0.2) is 0 Å². The molecule has 18 heavy (non-hydrogen) atoms. The summed E-state index contributed by atoms with van der Waals surface area (Å²) >= 11 is 0. The second-order valence-electron chi connectivity index (χ2n) is 4.69. The highest BCUT2D eigenvalue weighted by molar-refractivity contribution is 5.92. The van der Waals surface area contributed by atoms with Gasteiger partial charge in [0.05, 0.1) is 6.54 Å². The Morgan fingerprint density at radius 1 is 1.22 bits per heavy atom. The Kier molecular flexibility index (Phi) is 6.44. The van der Waals surface area contributed by atoms with Crippen LogP contribution in [0.1, 0.15) is 38.7 Å². The second-order valence-corrected chi connectivity index (χ2v) is 4.69. The van der Waals surface area contributed by atoms with Crippen LogP contribution in [0.25, 0.3) is 0 Å². The SMILES string of the molecule is CCCC(CC)NCC(=O)Nc1ccc(C)cc1. The summed E-state index contributed by atoms with van der Waals surface area (Å²) in [6.45, 7) is 6.72. The molecule has 0 fully saturated rings. The number of hydrogen-bond donors (Lipinski definition) is 2. The minimum atomic E-state index is 0.0217. The van der Waals surface area contributed by atoms with E-state index in [-0.39, 0.29) is 5.91 Å². The van der Waals surface area contributed by atoms with Gasteiger partial charge < -0.3 is 10.6 Å². The summed E-state index contributed by atoms with van der Waals surface area (Å²) < 4.78 is 0. The molecule has 3 heteroatoms. The third-order valence-electron chi connectivity index (χ3n) is 3.02. The zero-order valence-electron chi connectivity index (χ0n) is 11.6. The molecule has 2 N–H and O–H groups in total. The van der Waals surface area contributed by atoms with Crippen molar-refractivity contribution in [2.24, 2.45) is 0 Å². The second kappa shape index (κ2) is 7.88. The first kappa shape index (κ1) is 14.7. The highest BCUT2D eigenvalue weighted by atomic mass is 16.1. The van der Waals surface area contributed by atoms with Crippen molar-refractivity contribution in [3.63, 3.8) is 0 Å². The third kappa shape index (κ3) is 5.32. The number of amides is 1. The lowest BCUT2D eigenvalue weighted by Crippen LogP contribution is -2.35. The van der Waals surface area contributed by atoms with E-state index in [9.17, 15) is 4.79 Å². The van der Waals surface area contributed by atoms with Crippen LogP contribution < -0.4 is 10.6 Å². The van der Waals surface area contributed by atoms with Crippen LogP contribution in [0.4, 0.5) is 5.69 Å². The summed E-state index contributed by atoms with van der Waals surface area (Å²) in [6.07, 6.45) is 3.32. The van der Waals surface area contributed by atoms with Crippen molar-refractivity contribution in [1.29, 1.82) is 0 Å². The van der Waals surface area contributed by atoms with Crippen molar-refractivity contribution in [3.8, 4) is 0 Å². The number of carbonyl (C=O) groups excluding carboxylic acids is 1. The van der Waals surface area contributed by atoms with E-state index in [0.717, 1.165) is 24.9 Å². The molecule has 0 aliphatic rings. The third-order valence-corrected chi connectivity index (χ3v) is 3.02. The van der Waals surface area contributed by atoms with E-state index in [1.807, 2.05) is 31.2 Å². The van der Waals surface area contributed by atoms with Crippen LogP contribution in [0.5, 0.6) is 0 Å². The standard InChI is InChI=1S/C15H24N2O/c1-4-6-13(5-2)16-11-15(18)17-14-9-7-12(3)8-10-14/h7-10,13,16H,4-6,11H2,1-3H3,(H,17,18). The molecule has 0 aliphatic heterocycles. The number of hydrogen-bond acceptors (Lipinski definition) is 2. The number of nitrogens with one attached hydrogen (secondary N) is 2. The van der Waals surface area contributed by atoms with E-state index in [1.165, 1.54) is 5.56 Å². The Morgan fingerprint density at radius 2 is 1.89 bits per heavy atom. The predicted molar refractivity (Wildman–Crippen MR) is 76.8 cm³/mol. The first-order valence-corrected chi connectivity index (χ1v) is 6.75. The van der Waals surface area contributed by atoms with Gasteiger partial charge in [-0.25, -0.2) is 0 Å². The number of rotatable bonds is 7. The molecule has 0 bridgehead atoms. The van der Waals surface area contributed by atoms with Crippen molar-refractivity contribution in [1.82, 2.24) is 5.32 Å². The molecule has 100 valence electrons. The van der Waals surface area contributed by atoms with Crippen molar-refractivity contribution in [2.75, 3.05) is 11.9 Å². The maximum absolute atomic E-state index is 11.7. The summed E-state index contributed by atoms with van der Waals surface area (Å²) in [5.41, 5.74) is 2.05. The van der Waals surface area contributed by atoms with Crippen molar-refractivity contribution in [3.05, 3.63) is 29.8 Å². The number of aryl methyl sites for hydroxylation is 1. The highest BCUT2D eigenvalue weighted by Gasteiger charge is 2.07. The fourth-order valence-corrected chi connectivity index (χ4v) is 1.88. The Bertz CT molecular complexity index is 359. The lowest BCUT2D eigenvalue weighted by atomic mass is 10.1. The van der Waals surface area contributed by atoms with E-state index >= 15 is 0 Å².